The average molecular weight is 322 g/mol. The van der Waals surface area contributed by atoms with Crippen molar-refractivity contribution in [3.63, 3.8) is 0 Å². The van der Waals surface area contributed by atoms with Crippen molar-refractivity contribution in [2.24, 2.45) is 0 Å². The van der Waals surface area contributed by atoms with Crippen LogP contribution >= 0.6 is 0 Å². The van der Waals surface area contributed by atoms with E-state index in [1.165, 1.54) is 12.5 Å². The second kappa shape index (κ2) is 6.91. The summed E-state index contributed by atoms with van der Waals surface area (Å²) in [6.45, 7) is 2.84. The molecule has 7 nitrogen and oxygen atoms in total. The Balaban J connectivity index is 1.51. The van der Waals surface area contributed by atoms with E-state index < -0.39 is 6.17 Å². The molecule has 3 heterocycles. The quantitative estimate of drug-likeness (QED) is 0.861. The minimum atomic E-state index is -0.904. The van der Waals surface area contributed by atoms with Crippen molar-refractivity contribution in [2.75, 3.05) is 13.1 Å². The number of carbonyl (C=O) groups is 1. The molecule has 0 bridgehead atoms. The molecule has 1 fully saturated rings. The first-order valence-electron chi connectivity index (χ1n) is 7.55. The van der Waals surface area contributed by atoms with Crippen LogP contribution in [0.4, 0.5) is 4.39 Å². The number of furan rings is 1. The Morgan fingerprint density at radius 2 is 2.43 bits per heavy atom. The Kier molecular flexibility index (Phi) is 4.71. The summed E-state index contributed by atoms with van der Waals surface area (Å²) in [5, 5.41) is 6.69. The maximum absolute atomic E-state index is 13.7. The third-order valence-corrected chi connectivity index (χ3v) is 3.87. The van der Waals surface area contributed by atoms with E-state index in [0.29, 0.717) is 37.8 Å². The smallest absolute Gasteiger partial charge is 0.224 e. The molecular formula is C15H19FN4O3. The van der Waals surface area contributed by atoms with Crippen LogP contribution in [0.5, 0.6) is 0 Å². The standard InChI is InChI=1S/C15H19FN4O3/c1-10-18-14(19-23-10)8-20-7-12(16)5-13(20)6-17-15(21)4-11-2-3-22-9-11/h2-3,9,12-13H,4-8H2,1H3,(H,17,21)/t12-,13-/m0/s1. The van der Waals surface area contributed by atoms with Crippen molar-refractivity contribution >= 4 is 5.91 Å². The number of aromatic nitrogens is 2. The summed E-state index contributed by atoms with van der Waals surface area (Å²) < 4.78 is 23.6. The van der Waals surface area contributed by atoms with Gasteiger partial charge in [0.05, 0.1) is 25.5 Å². The van der Waals surface area contributed by atoms with E-state index in [4.69, 9.17) is 8.94 Å². The summed E-state index contributed by atoms with van der Waals surface area (Å²) in [7, 11) is 0. The third kappa shape index (κ3) is 4.16. The van der Waals surface area contributed by atoms with Crippen molar-refractivity contribution in [2.45, 2.75) is 38.5 Å². The summed E-state index contributed by atoms with van der Waals surface area (Å²) in [6, 6.07) is 1.68. The lowest BCUT2D eigenvalue weighted by atomic mass is 10.2. The zero-order valence-corrected chi connectivity index (χ0v) is 12.9. The number of nitrogens with zero attached hydrogens (tertiary/aromatic N) is 3. The third-order valence-electron chi connectivity index (χ3n) is 3.87. The molecule has 0 saturated carbocycles. The highest BCUT2D eigenvalue weighted by Gasteiger charge is 2.33. The highest BCUT2D eigenvalue weighted by atomic mass is 19.1. The molecule has 0 radical (unpaired) electrons. The van der Waals surface area contributed by atoms with Crippen molar-refractivity contribution in [3.05, 3.63) is 35.9 Å². The normalized spacial score (nSPS) is 21.7. The lowest BCUT2D eigenvalue weighted by molar-refractivity contribution is -0.120. The summed E-state index contributed by atoms with van der Waals surface area (Å²) in [5.41, 5.74) is 0.816. The molecule has 2 atom stereocenters. The maximum Gasteiger partial charge on any atom is 0.224 e. The fraction of sp³-hybridized carbons (Fsp3) is 0.533. The molecule has 0 spiro atoms. The number of hydrogen-bond donors (Lipinski definition) is 1. The van der Waals surface area contributed by atoms with Gasteiger partial charge >= 0.3 is 0 Å². The Morgan fingerprint density at radius 3 is 3.13 bits per heavy atom. The molecule has 2 aromatic heterocycles. The number of alkyl halides is 1. The molecule has 1 amide bonds. The first kappa shape index (κ1) is 15.7. The van der Waals surface area contributed by atoms with E-state index in [1.807, 2.05) is 4.90 Å². The zero-order chi connectivity index (χ0) is 16.2. The highest BCUT2D eigenvalue weighted by Crippen LogP contribution is 2.21. The number of likely N-dealkylation sites (tertiary alicyclic amines) is 1. The summed E-state index contributed by atoms with van der Waals surface area (Å²) >= 11 is 0. The maximum atomic E-state index is 13.7. The lowest BCUT2D eigenvalue weighted by Crippen LogP contribution is -2.40. The molecule has 124 valence electrons. The molecule has 3 rings (SSSR count). The molecule has 8 heteroatoms. The van der Waals surface area contributed by atoms with Gasteiger partial charge in [-0.3, -0.25) is 9.69 Å². The predicted molar refractivity (Wildman–Crippen MR) is 78.2 cm³/mol. The Bertz CT molecular complexity index is 643. The van der Waals surface area contributed by atoms with Crippen LogP contribution in [-0.4, -0.2) is 46.3 Å². The van der Waals surface area contributed by atoms with Crippen molar-refractivity contribution in [3.8, 4) is 0 Å². The molecule has 1 saturated heterocycles. The molecule has 2 aromatic rings. The Labute approximate surface area is 132 Å². The van der Waals surface area contributed by atoms with E-state index in [9.17, 15) is 9.18 Å². The minimum absolute atomic E-state index is 0.0721. The van der Waals surface area contributed by atoms with Crippen LogP contribution < -0.4 is 5.32 Å². The topological polar surface area (TPSA) is 84.4 Å². The lowest BCUT2D eigenvalue weighted by Gasteiger charge is -2.22. The molecule has 1 aliphatic heterocycles. The summed E-state index contributed by atoms with van der Waals surface area (Å²) in [5.74, 6) is 0.913. The van der Waals surface area contributed by atoms with Gasteiger partial charge in [-0.2, -0.15) is 4.98 Å². The van der Waals surface area contributed by atoms with Gasteiger partial charge in [0.1, 0.15) is 6.17 Å². The van der Waals surface area contributed by atoms with Crippen LogP contribution in [0, 0.1) is 6.92 Å². The van der Waals surface area contributed by atoms with Crippen LogP contribution in [0.25, 0.3) is 0 Å². The van der Waals surface area contributed by atoms with E-state index in [-0.39, 0.29) is 18.4 Å². The number of amides is 1. The second-order valence-corrected chi connectivity index (χ2v) is 5.76. The van der Waals surface area contributed by atoms with Crippen molar-refractivity contribution in [1.29, 1.82) is 0 Å². The summed E-state index contributed by atoms with van der Waals surface area (Å²) in [6.07, 6.45) is 2.81. The fourth-order valence-corrected chi connectivity index (χ4v) is 2.79. The van der Waals surface area contributed by atoms with Gasteiger partial charge < -0.3 is 14.3 Å². The second-order valence-electron chi connectivity index (χ2n) is 5.76. The number of nitrogens with one attached hydrogen (secondary N) is 1. The van der Waals surface area contributed by atoms with Gasteiger partial charge in [0.2, 0.25) is 11.8 Å². The van der Waals surface area contributed by atoms with Gasteiger partial charge in [-0.15, -0.1) is 0 Å². The van der Waals surface area contributed by atoms with Gasteiger partial charge in [0.15, 0.2) is 5.82 Å². The molecular weight excluding hydrogens is 303 g/mol. The first-order valence-corrected chi connectivity index (χ1v) is 7.55. The van der Waals surface area contributed by atoms with E-state index >= 15 is 0 Å². The zero-order valence-electron chi connectivity index (χ0n) is 12.9. The van der Waals surface area contributed by atoms with Crippen molar-refractivity contribution < 1.29 is 18.1 Å². The largest absolute Gasteiger partial charge is 0.472 e. The van der Waals surface area contributed by atoms with Crippen LogP contribution in [0.15, 0.2) is 27.5 Å². The monoisotopic (exact) mass is 322 g/mol. The van der Waals surface area contributed by atoms with Crippen molar-refractivity contribution in [1.82, 2.24) is 20.4 Å². The highest BCUT2D eigenvalue weighted by molar-refractivity contribution is 5.78. The van der Waals surface area contributed by atoms with Gasteiger partial charge in [0, 0.05) is 26.1 Å². The molecule has 0 aromatic carbocycles. The number of carbonyl (C=O) groups excluding carboxylic acids is 1. The SMILES string of the molecule is Cc1nc(CN2C[C@@H](F)C[C@H]2CNC(=O)Cc2ccoc2)no1. The van der Waals surface area contributed by atoms with Crippen LogP contribution in [0.2, 0.25) is 0 Å². The van der Waals surface area contributed by atoms with Gasteiger partial charge in [0.25, 0.3) is 0 Å². The van der Waals surface area contributed by atoms with Crippen LogP contribution in [0.1, 0.15) is 23.7 Å². The van der Waals surface area contributed by atoms with Crippen LogP contribution in [-0.2, 0) is 17.8 Å². The summed E-state index contributed by atoms with van der Waals surface area (Å²) in [4.78, 5) is 18.0. The van der Waals surface area contributed by atoms with Gasteiger partial charge in [-0.05, 0) is 18.1 Å². The van der Waals surface area contributed by atoms with Gasteiger partial charge in [-0.25, -0.2) is 4.39 Å². The number of aryl methyl sites for hydroxylation is 1. The molecule has 1 N–H and O–H groups in total. The number of hydrogen-bond acceptors (Lipinski definition) is 6. The predicted octanol–water partition coefficient (Wildman–Crippen LogP) is 1.24. The van der Waals surface area contributed by atoms with E-state index in [2.05, 4.69) is 15.5 Å². The van der Waals surface area contributed by atoms with E-state index in [1.54, 1.807) is 13.0 Å². The average Bonchev–Trinajstić information content (AvgIpc) is 3.21. The fourth-order valence-electron chi connectivity index (χ4n) is 2.79. The molecule has 23 heavy (non-hydrogen) atoms. The first-order chi connectivity index (χ1) is 11.1. The molecule has 0 aliphatic carbocycles. The van der Waals surface area contributed by atoms with Gasteiger partial charge in [-0.1, -0.05) is 5.16 Å². The number of rotatable bonds is 6. The Morgan fingerprint density at radius 1 is 1.57 bits per heavy atom. The molecule has 0 unspecified atom stereocenters. The molecule has 1 aliphatic rings. The Hall–Kier alpha value is -2.22. The van der Waals surface area contributed by atoms with Crippen LogP contribution in [0.3, 0.4) is 0 Å². The van der Waals surface area contributed by atoms with E-state index in [0.717, 1.165) is 5.56 Å². The number of halogens is 1. The minimum Gasteiger partial charge on any atom is -0.472 e.